The lowest BCUT2D eigenvalue weighted by molar-refractivity contribution is -0.138. The van der Waals surface area contributed by atoms with E-state index in [0.717, 1.165) is 30.5 Å². The van der Waals surface area contributed by atoms with Gasteiger partial charge in [-0.05, 0) is 86.2 Å². The first-order valence-electron chi connectivity index (χ1n) is 19.8. The third kappa shape index (κ3) is 36.0. The maximum atomic E-state index is 10.4. The van der Waals surface area contributed by atoms with Crippen LogP contribution in [0, 0.1) is 17.2 Å². The molecule has 1 aliphatic rings. The van der Waals surface area contributed by atoms with Crippen LogP contribution in [0.4, 0.5) is 0 Å². The molecule has 0 unspecified atom stereocenters. The summed E-state index contributed by atoms with van der Waals surface area (Å²) in [6, 6.07) is 35.0. The largest absolute Gasteiger partial charge is 0.481 e. The van der Waals surface area contributed by atoms with Crippen molar-refractivity contribution in [1.82, 2.24) is 0 Å². The zero-order chi connectivity index (χ0) is 48.7. The average Bonchev–Trinajstić information content (AvgIpc) is 3.27. The van der Waals surface area contributed by atoms with Crippen molar-refractivity contribution in [1.29, 1.82) is 5.26 Å². The van der Waals surface area contributed by atoms with Crippen LogP contribution in [0.5, 0.6) is 0 Å². The molecule has 0 aromatic heterocycles. The highest BCUT2D eigenvalue weighted by Gasteiger charge is 2.14. The number of carboxylic acids is 7. The van der Waals surface area contributed by atoms with Crippen molar-refractivity contribution in [2.45, 2.75) is 78.6 Å². The normalized spacial score (nSPS) is 11.2. The molecule has 64 heavy (non-hydrogen) atoms. The highest BCUT2D eigenvalue weighted by atomic mass is 16.4. The van der Waals surface area contributed by atoms with Crippen LogP contribution in [0.2, 0.25) is 0 Å². The van der Waals surface area contributed by atoms with E-state index < -0.39 is 41.8 Å². The third-order valence-corrected chi connectivity index (χ3v) is 8.07. The van der Waals surface area contributed by atoms with Gasteiger partial charge in [0.15, 0.2) is 0 Å². The minimum Gasteiger partial charge on any atom is -0.481 e. The molecule has 7 N–H and O–H groups in total. The first-order valence-corrected chi connectivity index (χ1v) is 19.8. The molecule has 0 heterocycles. The molecule has 0 atom stereocenters. The number of aromatic carboxylic acids is 2. The van der Waals surface area contributed by atoms with E-state index in [1.807, 2.05) is 66.7 Å². The first-order chi connectivity index (χ1) is 30.3. The van der Waals surface area contributed by atoms with Gasteiger partial charge in [-0.25, -0.2) is 19.2 Å². The predicted octanol–water partition coefficient (Wildman–Crippen LogP) is 9.69. The van der Waals surface area contributed by atoms with Crippen molar-refractivity contribution in [2.75, 3.05) is 0 Å². The number of benzene rings is 4. The van der Waals surface area contributed by atoms with Gasteiger partial charge in [0.05, 0.1) is 22.8 Å². The highest BCUT2D eigenvalue weighted by Crippen LogP contribution is 2.27. The molecule has 0 amide bonds. The van der Waals surface area contributed by atoms with Crippen molar-refractivity contribution in [2.24, 2.45) is 5.92 Å². The molecular weight excluding hydrogens is 827 g/mol. The Morgan fingerprint density at radius 3 is 1.41 bits per heavy atom. The van der Waals surface area contributed by atoms with Gasteiger partial charge in [0.2, 0.25) is 0 Å². The maximum Gasteiger partial charge on any atom is 0.335 e. The molecular formula is C49H57NO14. The minimum absolute atomic E-state index is 0.198. The summed E-state index contributed by atoms with van der Waals surface area (Å²) in [6.45, 7) is 4.32. The second-order valence-corrected chi connectivity index (χ2v) is 13.4. The van der Waals surface area contributed by atoms with Gasteiger partial charge >= 0.3 is 35.8 Å². The number of rotatable bonds is 11. The number of allylic oxidation sites excluding steroid dienone is 1. The number of hydrogen-bond donors (Lipinski definition) is 7. The van der Waals surface area contributed by atoms with Gasteiger partial charge in [-0.3, -0.25) is 14.4 Å². The molecule has 4 aromatic carbocycles. The summed E-state index contributed by atoms with van der Waals surface area (Å²) in [5.41, 5.74) is 3.34. The summed E-state index contributed by atoms with van der Waals surface area (Å²) in [6.07, 6.45) is 12.8. The third-order valence-electron chi connectivity index (χ3n) is 8.07. The van der Waals surface area contributed by atoms with Gasteiger partial charge in [0, 0.05) is 31.4 Å². The minimum atomic E-state index is -0.977. The van der Waals surface area contributed by atoms with E-state index in [4.69, 9.17) is 45.8 Å². The summed E-state index contributed by atoms with van der Waals surface area (Å²) in [5, 5.41) is 65.9. The van der Waals surface area contributed by atoms with Crippen molar-refractivity contribution in [3.8, 4) is 6.07 Å². The highest BCUT2D eigenvalue weighted by molar-refractivity contribution is 5.91. The van der Waals surface area contributed by atoms with Crippen LogP contribution in [0.1, 0.15) is 110 Å². The van der Waals surface area contributed by atoms with E-state index in [-0.39, 0.29) is 12.0 Å². The molecule has 0 saturated heterocycles. The van der Waals surface area contributed by atoms with Gasteiger partial charge in [0.1, 0.15) is 0 Å². The average molecular weight is 884 g/mol. The Kier molecular flexibility index (Phi) is 33.6. The number of aryl methyl sites for hydroxylation is 1. The van der Waals surface area contributed by atoms with E-state index in [1.54, 1.807) is 50.3 Å². The number of carboxylic acid groups (broad SMARTS) is 7. The van der Waals surface area contributed by atoms with Crippen molar-refractivity contribution >= 4 is 47.9 Å². The van der Waals surface area contributed by atoms with Gasteiger partial charge in [-0.15, -0.1) is 0 Å². The number of carbonyl (C=O) groups is 7. The smallest absolute Gasteiger partial charge is 0.335 e. The van der Waals surface area contributed by atoms with E-state index >= 15 is 0 Å². The van der Waals surface area contributed by atoms with E-state index in [0.29, 0.717) is 35.5 Å². The summed E-state index contributed by atoms with van der Waals surface area (Å²) < 4.78 is 0. The van der Waals surface area contributed by atoms with Crippen LogP contribution in [0.3, 0.4) is 0 Å². The quantitative estimate of drug-likeness (QED) is 0.0690. The number of nitriles is 1. The fourth-order valence-corrected chi connectivity index (χ4v) is 4.97. The predicted molar refractivity (Wildman–Crippen MR) is 241 cm³/mol. The fraction of sp³-hybridized carbons (Fsp3) is 0.265. The molecule has 342 valence electrons. The van der Waals surface area contributed by atoms with E-state index in [9.17, 15) is 28.8 Å². The van der Waals surface area contributed by atoms with Crippen LogP contribution in [-0.2, 0) is 30.4 Å². The molecule has 0 bridgehead atoms. The molecule has 0 spiro atoms. The van der Waals surface area contributed by atoms with Crippen LogP contribution < -0.4 is 0 Å². The zero-order valence-corrected chi connectivity index (χ0v) is 36.1. The Bertz CT molecular complexity index is 2060. The molecule has 0 aliphatic heterocycles. The van der Waals surface area contributed by atoms with Crippen LogP contribution >= 0.6 is 0 Å². The number of aliphatic carboxylic acids is 5. The van der Waals surface area contributed by atoms with Crippen molar-refractivity contribution in [3.63, 3.8) is 0 Å². The molecule has 5 rings (SSSR count). The standard InChI is InChI=1S/C10H10O2.C9H16O2.C9H10O2.C8H5NO2.C7H6O2.C4H6O2.C2H4O2/c1-8(10(11)12)7-9-5-3-2-4-6-9;2*10-9(11)7-6-8-4-2-1-3-5-8;9-5-6-1-3-7(4-2-6)8(10)11;8-7(9)6-4-2-1-3-5-6;1-2-3-4(5)6;1-2(3)4/h2-7H,1H3,(H,11,12);8H,1-7H2,(H,10,11);1-5H,6-7H2,(H,10,11);1-4H,(H,10,11);1-5H,(H,8,9);2-3H,1H3,(H,5,6);1H3,(H,3,4). The second kappa shape index (κ2) is 36.9. The van der Waals surface area contributed by atoms with Gasteiger partial charge in [-0.2, -0.15) is 5.26 Å². The monoisotopic (exact) mass is 883 g/mol. The SMILES string of the molecule is CC(=Cc1ccccc1)C(=O)O.CC(=O)O.CC=CC(=O)O.N#Cc1ccc(C(=O)O)cc1.O=C(O)CCC1CCCCC1.O=C(O)CCc1ccccc1.O=C(O)c1ccccc1. The molecule has 1 fully saturated rings. The second-order valence-electron chi connectivity index (χ2n) is 13.4. The Balaban J connectivity index is 0. The topological polar surface area (TPSA) is 285 Å². The summed E-state index contributed by atoms with van der Waals surface area (Å²) in [5.74, 6) is -5.13. The van der Waals surface area contributed by atoms with Crippen LogP contribution in [-0.4, -0.2) is 77.5 Å². The summed E-state index contributed by atoms with van der Waals surface area (Å²) in [4.78, 5) is 69.9. The fourth-order valence-electron chi connectivity index (χ4n) is 4.97. The van der Waals surface area contributed by atoms with E-state index in [1.165, 1.54) is 62.4 Å². The lowest BCUT2D eigenvalue weighted by atomic mass is 9.86. The zero-order valence-electron chi connectivity index (χ0n) is 36.1. The summed E-state index contributed by atoms with van der Waals surface area (Å²) in [7, 11) is 0. The summed E-state index contributed by atoms with van der Waals surface area (Å²) >= 11 is 0. The van der Waals surface area contributed by atoms with Crippen LogP contribution in [0.25, 0.3) is 6.08 Å². The Labute approximate surface area is 372 Å². The van der Waals surface area contributed by atoms with Crippen LogP contribution in [0.15, 0.2) is 133 Å². The Morgan fingerprint density at radius 1 is 0.609 bits per heavy atom. The molecule has 15 nitrogen and oxygen atoms in total. The number of nitrogens with zero attached hydrogens (tertiary/aromatic N) is 1. The molecule has 4 aromatic rings. The van der Waals surface area contributed by atoms with Gasteiger partial charge in [0.25, 0.3) is 5.97 Å². The van der Waals surface area contributed by atoms with E-state index in [2.05, 4.69) is 0 Å². The number of hydrogen-bond acceptors (Lipinski definition) is 8. The van der Waals surface area contributed by atoms with Crippen molar-refractivity contribution < 1.29 is 69.3 Å². The van der Waals surface area contributed by atoms with Gasteiger partial charge in [-0.1, -0.05) is 117 Å². The molecule has 0 radical (unpaired) electrons. The molecule has 1 saturated carbocycles. The van der Waals surface area contributed by atoms with Gasteiger partial charge < -0.3 is 35.7 Å². The Hall–Kier alpha value is -7.86. The lowest BCUT2D eigenvalue weighted by Crippen LogP contribution is -2.08. The Morgan fingerprint density at radius 2 is 1.05 bits per heavy atom. The van der Waals surface area contributed by atoms with Crippen molar-refractivity contribution in [3.05, 3.63) is 161 Å². The first kappa shape index (κ1) is 58.2. The molecule has 15 heteroatoms. The molecule has 1 aliphatic carbocycles. The maximum absolute atomic E-state index is 10.4. The lowest BCUT2D eigenvalue weighted by Gasteiger charge is -2.20.